The average molecular weight is 308 g/mol. The minimum atomic E-state index is -0.890. The summed E-state index contributed by atoms with van der Waals surface area (Å²) in [5.74, 6) is -0.890. The lowest BCUT2D eigenvalue weighted by molar-refractivity contribution is -0.136. The first kappa shape index (κ1) is 14.6. The summed E-state index contributed by atoms with van der Waals surface area (Å²) in [5.41, 5.74) is 2.10. The number of halogens is 2. The minimum absolute atomic E-state index is 0.0657. The Balaban J connectivity index is 2.29. The van der Waals surface area contributed by atoms with Crippen molar-refractivity contribution < 1.29 is 9.90 Å². The molecule has 0 fully saturated rings. The van der Waals surface area contributed by atoms with Gasteiger partial charge in [-0.2, -0.15) is 0 Å². The van der Waals surface area contributed by atoms with Crippen LogP contribution in [0.5, 0.6) is 0 Å². The third-order valence-electron chi connectivity index (χ3n) is 2.59. The van der Waals surface area contributed by atoms with Gasteiger partial charge in [-0.25, -0.2) is 0 Å². The molecule has 0 aliphatic carbocycles. The Hall–Kier alpha value is -1.84. The number of pyridine rings is 1. The van der Waals surface area contributed by atoms with Gasteiger partial charge in [0.25, 0.3) is 0 Å². The number of benzene rings is 1. The topological polar surface area (TPSA) is 50.2 Å². The molecule has 0 atom stereocenters. The van der Waals surface area contributed by atoms with Gasteiger partial charge in [0.2, 0.25) is 0 Å². The second-order valence-corrected chi connectivity index (χ2v) is 5.03. The number of aromatic nitrogens is 1. The Labute approximate surface area is 126 Å². The van der Waals surface area contributed by atoms with Crippen LogP contribution in [0.1, 0.15) is 16.8 Å². The van der Waals surface area contributed by atoms with Crippen LogP contribution in [0, 0.1) is 0 Å². The van der Waals surface area contributed by atoms with Crippen LogP contribution in [0.4, 0.5) is 0 Å². The molecule has 0 saturated heterocycles. The monoisotopic (exact) mass is 307 g/mol. The molecule has 3 nitrogen and oxygen atoms in total. The van der Waals surface area contributed by atoms with E-state index in [2.05, 4.69) is 4.98 Å². The van der Waals surface area contributed by atoms with Crippen molar-refractivity contribution in [2.45, 2.75) is 6.42 Å². The number of carboxylic acid groups (broad SMARTS) is 1. The fourth-order valence-corrected chi connectivity index (χ4v) is 2.30. The first-order chi connectivity index (χ1) is 9.54. The third-order valence-corrected chi connectivity index (χ3v) is 3.02. The molecular formula is C15H11Cl2NO2. The number of carboxylic acids is 1. The van der Waals surface area contributed by atoms with Gasteiger partial charge in [-0.3, -0.25) is 9.78 Å². The van der Waals surface area contributed by atoms with Gasteiger partial charge in [0.15, 0.2) is 0 Å². The first-order valence-corrected chi connectivity index (χ1v) is 6.60. The SMILES string of the molecule is O=C(O)Cc1cccnc1C=Cc1cc(Cl)cc(Cl)c1. The first-order valence-electron chi connectivity index (χ1n) is 5.84. The highest BCUT2D eigenvalue weighted by Gasteiger charge is 2.05. The van der Waals surface area contributed by atoms with Gasteiger partial charge in [0.1, 0.15) is 0 Å². The number of carbonyl (C=O) groups is 1. The maximum Gasteiger partial charge on any atom is 0.307 e. The standard InChI is InChI=1S/C15H11Cl2NO2/c16-12-6-10(7-13(17)9-12)3-4-14-11(8-15(19)20)2-1-5-18-14/h1-7,9H,8H2,(H,19,20). The number of nitrogens with zero attached hydrogens (tertiary/aromatic N) is 1. The molecule has 1 heterocycles. The molecule has 20 heavy (non-hydrogen) atoms. The zero-order chi connectivity index (χ0) is 14.5. The van der Waals surface area contributed by atoms with E-state index in [1.807, 2.05) is 0 Å². The van der Waals surface area contributed by atoms with Gasteiger partial charge in [0, 0.05) is 16.2 Å². The molecule has 0 unspecified atom stereocenters. The van der Waals surface area contributed by atoms with Crippen LogP contribution < -0.4 is 0 Å². The summed E-state index contributed by atoms with van der Waals surface area (Å²) in [6.07, 6.45) is 5.10. The summed E-state index contributed by atoms with van der Waals surface area (Å²) in [6.45, 7) is 0. The highest BCUT2D eigenvalue weighted by atomic mass is 35.5. The van der Waals surface area contributed by atoms with E-state index in [4.69, 9.17) is 28.3 Å². The Bertz CT molecular complexity index is 648. The van der Waals surface area contributed by atoms with Crippen molar-refractivity contribution in [2.75, 3.05) is 0 Å². The van der Waals surface area contributed by atoms with Crippen molar-refractivity contribution in [2.24, 2.45) is 0 Å². The Kier molecular flexibility index (Phi) is 4.77. The number of hydrogen-bond acceptors (Lipinski definition) is 2. The van der Waals surface area contributed by atoms with Crippen LogP contribution in [0.3, 0.4) is 0 Å². The normalized spacial score (nSPS) is 10.9. The van der Waals surface area contributed by atoms with E-state index >= 15 is 0 Å². The number of rotatable bonds is 4. The number of hydrogen-bond donors (Lipinski definition) is 1. The molecule has 1 N–H and O–H groups in total. The smallest absolute Gasteiger partial charge is 0.307 e. The van der Waals surface area contributed by atoms with Gasteiger partial charge in [-0.05, 0) is 41.5 Å². The van der Waals surface area contributed by atoms with Gasteiger partial charge < -0.3 is 5.11 Å². The lowest BCUT2D eigenvalue weighted by Gasteiger charge is -2.02. The van der Waals surface area contributed by atoms with Crippen LogP contribution in [-0.4, -0.2) is 16.1 Å². The highest BCUT2D eigenvalue weighted by molar-refractivity contribution is 6.34. The highest BCUT2D eigenvalue weighted by Crippen LogP contribution is 2.21. The van der Waals surface area contributed by atoms with Crippen LogP contribution in [0.25, 0.3) is 12.2 Å². The zero-order valence-corrected chi connectivity index (χ0v) is 11.9. The molecule has 2 rings (SSSR count). The lowest BCUT2D eigenvalue weighted by atomic mass is 10.1. The Morgan fingerprint density at radius 3 is 2.55 bits per heavy atom. The molecule has 1 aromatic heterocycles. The maximum absolute atomic E-state index is 10.8. The van der Waals surface area contributed by atoms with Gasteiger partial charge in [0.05, 0.1) is 12.1 Å². The van der Waals surface area contributed by atoms with E-state index in [1.54, 1.807) is 48.7 Å². The summed E-state index contributed by atoms with van der Waals surface area (Å²) in [5, 5.41) is 9.95. The molecular weight excluding hydrogens is 297 g/mol. The molecule has 0 bridgehead atoms. The molecule has 0 aliphatic heterocycles. The second-order valence-electron chi connectivity index (χ2n) is 4.15. The molecule has 2 aromatic rings. The van der Waals surface area contributed by atoms with Crippen LogP contribution in [0.15, 0.2) is 36.5 Å². The molecule has 0 saturated carbocycles. The molecule has 1 aromatic carbocycles. The third kappa shape index (κ3) is 4.08. The Morgan fingerprint density at radius 1 is 1.20 bits per heavy atom. The van der Waals surface area contributed by atoms with E-state index in [-0.39, 0.29) is 6.42 Å². The van der Waals surface area contributed by atoms with E-state index in [0.29, 0.717) is 21.3 Å². The van der Waals surface area contributed by atoms with Crippen molar-refractivity contribution in [1.82, 2.24) is 4.98 Å². The predicted octanol–water partition coefficient (Wildman–Crippen LogP) is 4.19. The zero-order valence-electron chi connectivity index (χ0n) is 10.4. The van der Waals surface area contributed by atoms with Crippen LogP contribution in [-0.2, 0) is 11.2 Å². The van der Waals surface area contributed by atoms with E-state index in [9.17, 15) is 4.79 Å². The summed E-state index contributed by atoms with van der Waals surface area (Å²) in [4.78, 5) is 15.0. The fourth-order valence-electron chi connectivity index (χ4n) is 1.76. The summed E-state index contributed by atoms with van der Waals surface area (Å²) < 4.78 is 0. The maximum atomic E-state index is 10.8. The number of aliphatic carboxylic acids is 1. The molecule has 102 valence electrons. The Morgan fingerprint density at radius 2 is 1.90 bits per heavy atom. The molecule has 0 radical (unpaired) electrons. The van der Waals surface area contributed by atoms with E-state index < -0.39 is 5.97 Å². The lowest BCUT2D eigenvalue weighted by Crippen LogP contribution is -2.02. The van der Waals surface area contributed by atoms with Crippen molar-refractivity contribution >= 4 is 41.3 Å². The quantitative estimate of drug-likeness (QED) is 0.921. The van der Waals surface area contributed by atoms with Gasteiger partial charge in [-0.1, -0.05) is 35.3 Å². The predicted molar refractivity (Wildman–Crippen MR) is 81.0 cm³/mol. The second kappa shape index (κ2) is 6.55. The molecule has 0 aliphatic rings. The van der Waals surface area contributed by atoms with Crippen molar-refractivity contribution in [3.63, 3.8) is 0 Å². The molecule has 5 heteroatoms. The summed E-state index contributed by atoms with van der Waals surface area (Å²) >= 11 is 11.8. The largest absolute Gasteiger partial charge is 0.481 e. The van der Waals surface area contributed by atoms with Gasteiger partial charge in [-0.15, -0.1) is 0 Å². The van der Waals surface area contributed by atoms with Crippen molar-refractivity contribution in [3.05, 3.63) is 63.4 Å². The molecule has 0 amide bonds. The van der Waals surface area contributed by atoms with Crippen molar-refractivity contribution in [3.8, 4) is 0 Å². The van der Waals surface area contributed by atoms with E-state index in [0.717, 1.165) is 5.56 Å². The summed E-state index contributed by atoms with van der Waals surface area (Å²) in [7, 11) is 0. The van der Waals surface area contributed by atoms with Gasteiger partial charge >= 0.3 is 5.97 Å². The van der Waals surface area contributed by atoms with Crippen LogP contribution >= 0.6 is 23.2 Å². The molecule has 0 spiro atoms. The average Bonchev–Trinajstić information content (AvgIpc) is 2.36. The summed E-state index contributed by atoms with van der Waals surface area (Å²) in [6, 6.07) is 8.64. The minimum Gasteiger partial charge on any atom is -0.481 e. The van der Waals surface area contributed by atoms with Crippen molar-refractivity contribution in [1.29, 1.82) is 0 Å². The van der Waals surface area contributed by atoms with Crippen LogP contribution in [0.2, 0.25) is 10.0 Å². The fraction of sp³-hybridized carbons (Fsp3) is 0.0667. The van der Waals surface area contributed by atoms with E-state index in [1.165, 1.54) is 0 Å².